The first-order valence-corrected chi connectivity index (χ1v) is 15.5. The van der Waals surface area contributed by atoms with Crippen molar-refractivity contribution >= 4 is 11.9 Å². The van der Waals surface area contributed by atoms with Crippen LogP contribution in [-0.2, 0) is 28.5 Å². The third-order valence-electron chi connectivity index (χ3n) is 10.3. The lowest BCUT2D eigenvalue weighted by atomic mass is 9.48. The molecule has 10 heteroatoms. The monoisotopic (exact) mass is 614 g/mol. The van der Waals surface area contributed by atoms with Gasteiger partial charge in [0.1, 0.15) is 18.3 Å². The van der Waals surface area contributed by atoms with E-state index in [1.54, 1.807) is 31.2 Å². The zero-order valence-corrected chi connectivity index (χ0v) is 26.2. The zero-order chi connectivity index (χ0) is 32.0. The van der Waals surface area contributed by atoms with Crippen molar-refractivity contribution in [3.8, 4) is 0 Å². The topological polar surface area (TPSA) is 141 Å². The second-order valence-corrected chi connectivity index (χ2v) is 13.4. The van der Waals surface area contributed by atoms with Gasteiger partial charge in [-0.25, -0.2) is 4.79 Å². The number of hydrogen-bond donors (Lipinski definition) is 3. The molecule has 0 amide bonds. The molecule has 3 N–H and O–H groups in total. The molecule has 10 nitrogen and oxygen atoms in total. The zero-order valence-electron chi connectivity index (χ0n) is 26.2. The molecule has 1 aromatic carbocycles. The summed E-state index contributed by atoms with van der Waals surface area (Å²) >= 11 is 0. The average molecular weight is 615 g/mol. The molecule has 0 bridgehead atoms. The minimum absolute atomic E-state index is 0.0796. The molecule has 2 aliphatic carbocycles. The summed E-state index contributed by atoms with van der Waals surface area (Å²) in [6.45, 7) is 13.1. The molecule has 2 aliphatic heterocycles. The summed E-state index contributed by atoms with van der Waals surface area (Å²) in [7, 11) is 0. The van der Waals surface area contributed by atoms with Crippen molar-refractivity contribution in [2.24, 2.45) is 16.7 Å². The van der Waals surface area contributed by atoms with Crippen molar-refractivity contribution in [1.29, 1.82) is 0 Å². The molecule has 2 saturated carbocycles. The molecule has 4 fully saturated rings. The van der Waals surface area contributed by atoms with E-state index < -0.39 is 77.2 Å². The van der Waals surface area contributed by atoms with Crippen LogP contribution in [0.4, 0.5) is 0 Å². The summed E-state index contributed by atoms with van der Waals surface area (Å²) in [6.07, 6.45) is -3.61. The number of aliphatic hydroxyl groups is 3. The fourth-order valence-electron chi connectivity index (χ4n) is 8.19. The Morgan fingerprint density at radius 1 is 1.18 bits per heavy atom. The number of hydrogen-bond acceptors (Lipinski definition) is 10. The van der Waals surface area contributed by atoms with Crippen molar-refractivity contribution in [2.45, 2.75) is 109 Å². The second-order valence-electron chi connectivity index (χ2n) is 13.4. The molecule has 44 heavy (non-hydrogen) atoms. The van der Waals surface area contributed by atoms with Gasteiger partial charge in [-0.1, -0.05) is 52.5 Å². The lowest BCUT2D eigenvalue weighted by Crippen LogP contribution is -2.78. The normalized spacial score (nSPS) is 39.2. The van der Waals surface area contributed by atoms with Gasteiger partial charge in [-0.15, -0.1) is 0 Å². The maximum Gasteiger partial charge on any atom is 0.338 e. The molecule has 2 saturated heterocycles. The molecule has 0 aromatic heterocycles. The largest absolute Gasteiger partial charge is 0.458 e. The fourth-order valence-corrected chi connectivity index (χ4v) is 8.19. The van der Waals surface area contributed by atoms with E-state index in [0.717, 1.165) is 5.57 Å². The van der Waals surface area contributed by atoms with Gasteiger partial charge in [0, 0.05) is 31.3 Å². The van der Waals surface area contributed by atoms with Crippen molar-refractivity contribution in [2.75, 3.05) is 13.2 Å². The first-order valence-electron chi connectivity index (χ1n) is 15.5. The molecule has 4 aliphatic rings. The Kier molecular flexibility index (Phi) is 9.17. The third-order valence-corrected chi connectivity index (χ3v) is 10.3. The number of carbonyl (C=O) groups is 2. The van der Waals surface area contributed by atoms with E-state index in [1.807, 2.05) is 33.8 Å². The highest BCUT2D eigenvalue weighted by Gasteiger charge is 2.74. The van der Waals surface area contributed by atoms with Gasteiger partial charge in [-0.2, -0.15) is 0 Å². The Morgan fingerprint density at radius 3 is 2.48 bits per heavy atom. The van der Waals surface area contributed by atoms with E-state index >= 15 is 0 Å². The van der Waals surface area contributed by atoms with E-state index in [1.165, 1.54) is 6.08 Å². The van der Waals surface area contributed by atoms with Crippen molar-refractivity contribution in [3.63, 3.8) is 0 Å². The van der Waals surface area contributed by atoms with Crippen LogP contribution >= 0.6 is 0 Å². The van der Waals surface area contributed by atoms with Crippen LogP contribution in [0.1, 0.15) is 70.7 Å². The second kappa shape index (κ2) is 12.3. The number of esters is 2. The minimum Gasteiger partial charge on any atom is -0.458 e. The summed E-state index contributed by atoms with van der Waals surface area (Å²) in [4.78, 5) is 26.7. The van der Waals surface area contributed by atoms with Gasteiger partial charge in [-0.3, -0.25) is 4.79 Å². The van der Waals surface area contributed by atoms with Crippen LogP contribution in [0.5, 0.6) is 0 Å². The van der Waals surface area contributed by atoms with Crippen LogP contribution < -0.4 is 0 Å². The maximum atomic E-state index is 13.7. The van der Waals surface area contributed by atoms with Crippen LogP contribution in [0, 0.1) is 16.7 Å². The highest BCUT2D eigenvalue weighted by atomic mass is 16.7. The van der Waals surface area contributed by atoms with Gasteiger partial charge in [0.05, 0.1) is 36.4 Å². The lowest BCUT2D eigenvalue weighted by Gasteiger charge is -2.66. The van der Waals surface area contributed by atoms with E-state index in [-0.39, 0.29) is 38.9 Å². The smallest absolute Gasteiger partial charge is 0.338 e. The fraction of sp³-hybridized carbons (Fsp3) is 0.647. The predicted molar refractivity (Wildman–Crippen MR) is 159 cm³/mol. The van der Waals surface area contributed by atoms with Gasteiger partial charge in [0.25, 0.3) is 0 Å². The molecule has 5 rings (SSSR count). The summed E-state index contributed by atoms with van der Waals surface area (Å²) in [5.41, 5.74) is -1.41. The first-order chi connectivity index (χ1) is 20.8. The first kappa shape index (κ1) is 32.8. The van der Waals surface area contributed by atoms with Crippen molar-refractivity contribution in [3.05, 3.63) is 59.7 Å². The number of fused-ring (bicyclic) bond motifs is 5. The summed E-state index contributed by atoms with van der Waals surface area (Å²) < 4.78 is 31.7. The van der Waals surface area contributed by atoms with Gasteiger partial charge in [0.15, 0.2) is 11.9 Å². The Balaban J connectivity index is 1.74. The Hall–Kier alpha value is -2.60. The van der Waals surface area contributed by atoms with Gasteiger partial charge < -0.3 is 39.0 Å². The maximum absolute atomic E-state index is 13.7. The quantitative estimate of drug-likeness (QED) is 0.294. The molecular formula is C34H46O10. The number of aliphatic hydroxyl groups excluding tert-OH is 3. The molecular weight excluding hydrogens is 568 g/mol. The molecule has 1 aromatic rings. The minimum atomic E-state index is -1.19. The van der Waals surface area contributed by atoms with E-state index in [4.69, 9.17) is 23.7 Å². The van der Waals surface area contributed by atoms with Crippen LogP contribution in [0.25, 0.3) is 0 Å². The summed E-state index contributed by atoms with van der Waals surface area (Å²) in [5, 5.41) is 32.8. The Morgan fingerprint density at radius 2 is 1.89 bits per heavy atom. The van der Waals surface area contributed by atoms with Gasteiger partial charge in [0.2, 0.25) is 0 Å². The van der Waals surface area contributed by atoms with E-state index in [2.05, 4.69) is 6.58 Å². The van der Waals surface area contributed by atoms with Gasteiger partial charge >= 0.3 is 11.9 Å². The molecule has 2 heterocycles. The summed E-state index contributed by atoms with van der Waals surface area (Å²) in [6, 6.07) is 8.67. The Bertz CT molecular complexity index is 1280. The van der Waals surface area contributed by atoms with E-state index in [9.17, 15) is 24.9 Å². The number of carbonyl (C=O) groups excluding carboxylic acids is 2. The molecule has 1 unspecified atom stereocenters. The number of benzene rings is 1. The SMILES string of the molecule is C=CC1O[C@@H]2/C(=C(\C)[C@@H](O)CCO)C(C)(C)C[C@@H](OC(=O)c3ccccc3)[C@@H]3[C@]4(OC(=O)CC)CO[C@@H]4C[C@H](O)[C@@]3(C)[C@@H]2O1. The standard InChI is InChI=1S/C34H46O10/c1-7-25(38)44-34-18-40-24(34)16-23(37)33(6)29(34)22(41-31(39)20-12-10-9-11-13-20)17-32(4,5)27(19(3)21(36)14-15-35)28-30(33)43-26(8-2)42-28/h8-13,21-24,26,28-30,35-37H,2,7,14-18H2,1,3-6H3/b27-19-/t21-,22+,23-,24+,26?,28+,29-,30+,33+,34-/m0/s1. The van der Waals surface area contributed by atoms with Crippen molar-refractivity contribution < 1.29 is 48.6 Å². The molecule has 10 atom stereocenters. The molecule has 0 spiro atoms. The Labute approximate surface area is 259 Å². The van der Waals surface area contributed by atoms with Crippen LogP contribution in [0.15, 0.2) is 54.1 Å². The van der Waals surface area contributed by atoms with E-state index in [0.29, 0.717) is 11.1 Å². The van der Waals surface area contributed by atoms with Gasteiger partial charge in [-0.05, 0) is 48.1 Å². The average Bonchev–Trinajstić information content (AvgIpc) is 3.41. The van der Waals surface area contributed by atoms with Crippen LogP contribution in [-0.4, -0.2) is 89.0 Å². The number of ether oxygens (including phenoxy) is 5. The predicted octanol–water partition coefficient (Wildman–Crippen LogP) is 3.48. The molecule has 242 valence electrons. The van der Waals surface area contributed by atoms with Crippen LogP contribution in [0.2, 0.25) is 0 Å². The van der Waals surface area contributed by atoms with Crippen LogP contribution in [0.3, 0.4) is 0 Å². The third kappa shape index (κ3) is 5.33. The number of rotatable bonds is 8. The molecule has 0 radical (unpaired) electrons. The summed E-state index contributed by atoms with van der Waals surface area (Å²) in [5.74, 6) is -1.71. The lowest BCUT2D eigenvalue weighted by molar-refractivity contribution is -0.347. The highest BCUT2D eigenvalue weighted by molar-refractivity contribution is 5.89. The highest BCUT2D eigenvalue weighted by Crippen LogP contribution is 2.63. The van der Waals surface area contributed by atoms with Crippen molar-refractivity contribution in [1.82, 2.24) is 0 Å².